The largest absolute Gasteiger partial charge is 0.493 e. The molecule has 10 heteroatoms. The molecule has 0 aliphatic carbocycles. The molecule has 30 heavy (non-hydrogen) atoms. The highest BCUT2D eigenvalue weighted by Gasteiger charge is 2.38. The minimum Gasteiger partial charge on any atom is -0.493 e. The van der Waals surface area contributed by atoms with Crippen molar-refractivity contribution in [2.75, 3.05) is 19.1 Å². The lowest BCUT2D eigenvalue weighted by Crippen LogP contribution is -2.54. The predicted molar refractivity (Wildman–Crippen MR) is 106 cm³/mol. The van der Waals surface area contributed by atoms with Gasteiger partial charge >= 0.3 is 6.03 Å². The number of nitrogens with zero attached hydrogens (tertiary/aromatic N) is 2. The Balaban J connectivity index is 2.15. The van der Waals surface area contributed by atoms with Crippen LogP contribution in [0, 0.1) is 17.0 Å². The number of hydrogen-bond acceptors (Lipinski definition) is 7. The van der Waals surface area contributed by atoms with Crippen LogP contribution in [0.3, 0.4) is 0 Å². The normalized spacial score (nSPS) is 15.2. The number of anilines is 1. The van der Waals surface area contributed by atoms with E-state index in [1.54, 1.807) is 31.2 Å². The van der Waals surface area contributed by atoms with Gasteiger partial charge in [-0.2, -0.15) is 0 Å². The Kier molecular flexibility index (Phi) is 5.50. The number of rotatable bonds is 5. The second kappa shape index (κ2) is 8.03. The number of nitro groups is 1. The molecule has 0 atom stereocenters. The van der Waals surface area contributed by atoms with Crippen molar-refractivity contribution >= 4 is 35.3 Å². The maximum atomic E-state index is 13.0. The van der Waals surface area contributed by atoms with E-state index in [-0.39, 0.29) is 17.1 Å². The number of barbiturate groups is 1. The second-order valence-corrected chi connectivity index (χ2v) is 6.27. The summed E-state index contributed by atoms with van der Waals surface area (Å²) in [5, 5.41) is 13.6. The van der Waals surface area contributed by atoms with E-state index in [9.17, 15) is 24.5 Å². The predicted octanol–water partition coefficient (Wildman–Crippen LogP) is 2.59. The molecule has 1 aliphatic heterocycles. The Morgan fingerprint density at radius 2 is 1.70 bits per heavy atom. The third-order valence-corrected chi connectivity index (χ3v) is 4.49. The van der Waals surface area contributed by atoms with E-state index in [1.165, 1.54) is 20.3 Å². The molecule has 1 heterocycles. The molecule has 1 fully saturated rings. The van der Waals surface area contributed by atoms with Crippen molar-refractivity contribution in [1.82, 2.24) is 5.32 Å². The zero-order valence-corrected chi connectivity index (χ0v) is 16.3. The van der Waals surface area contributed by atoms with Gasteiger partial charge in [0.25, 0.3) is 17.5 Å². The SMILES string of the molecule is COc1cc(/C=C2\C(=O)NC(=O)N(c3ccccc3C)C2=O)c([N+](=O)[O-])cc1OC. The summed E-state index contributed by atoms with van der Waals surface area (Å²) < 4.78 is 10.2. The Morgan fingerprint density at radius 1 is 1.07 bits per heavy atom. The van der Waals surface area contributed by atoms with Crippen molar-refractivity contribution in [2.24, 2.45) is 0 Å². The van der Waals surface area contributed by atoms with Crippen LogP contribution in [0.15, 0.2) is 42.0 Å². The smallest absolute Gasteiger partial charge is 0.335 e. The molecule has 1 saturated heterocycles. The van der Waals surface area contributed by atoms with Crippen molar-refractivity contribution in [2.45, 2.75) is 6.92 Å². The molecule has 4 amide bonds. The minimum absolute atomic E-state index is 0.0600. The van der Waals surface area contributed by atoms with Crippen LogP contribution in [0.4, 0.5) is 16.2 Å². The monoisotopic (exact) mass is 411 g/mol. The summed E-state index contributed by atoms with van der Waals surface area (Å²) in [7, 11) is 2.67. The first-order chi connectivity index (χ1) is 14.3. The third-order valence-electron chi connectivity index (χ3n) is 4.49. The highest BCUT2D eigenvalue weighted by Crippen LogP contribution is 2.36. The van der Waals surface area contributed by atoms with Crippen molar-refractivity contribution in [3.63, 3.8) is 0 Å². The van der Waals surface area contributed by atoms with E-state index < -0.39 is 34.0 Å². The molecule has 0 saturated carbocycles. The lowest BCUT2D eigenvalue weighted by atomic mass is 10.0. The van der Waals surface area contributed by atoms with Crippen molar-refractivity contribution in [1.29, 1.82) is 0 Å². The number of ether oxygens (including phenoxy) is 2. The quantitative estimate of drug-likeness (QED) is 0.347. The number of nitro benzene ring substituents is 1. The van der Waals surface area contributed by atoms with Crippen LogP contribution in [0.2, 0.25) is 0 Å². The Labute approximate surface area is 170 Å². The van der Waals surface area contributed by atoms with Crippen LogP contribution in [0.1, 0.15) is 11.1 Å². The van der Waals surface area contributed by atoms with Crippen LogP contribution < -0.4 is 19.7 Å². The Hall–Kier alpha value is -4.21. The fourth-order valence-corrected chi connectivity index (χ4v) is 3.00. The van der Waals surface area contributed by atoms with E-state index in [2.05, 4.69) is 5.32 Å². The fraction of sp³-hybridized carbons (Fsp3) is 0.150. The first kappa shape index (κ1) is 20.5. The molecule has 0 radical (unpaired) electrons. The van der Waals surface area contributed by atoms with Gasteiger partial charge < -0.3 is 9.47 Å². The number of aryl methyl sites for hydroxylation is 1. The average molecular weight is 411 g/mol. The second-order valence-electron chi connectivity index (χ2n) is 6.27. The molecule has 1 aliphatic rings. The summed E-state index contributed by atoms with van der Waals surface area (Å²) in [6, 6.07) is 8.13. The maximum absolute atomic E-state index is 13.0. The molecule has 10 nitrogen and oxygen atoms in total. The van der Waals surface area contributed by atoms with Gasteiger partial charge in [0.05, 0.1) is 36.5 Å². The summed E-state index contributed by atoms with van der Waals surface area (Å²) in [5.41, 5.74) is 0.0236. The number of amides is 4. The zero-order valence-electron chi connectivity index (χ0n) is 16.3. The third kappa shape index (κ3) is 3.58. The molecular formula is C20H17N3O7. The molecule has 2 aromatic carbocycles. The number of nitrogens with one attached hydrogen (secondary N) is 1. The fourth-order valence-electron chi connectivity index (χ4n) is 3.00. The number of carbonyl (C=O) groups excluding carboxylic acids is 3. The van der Waals surface area contributed by atoms with Crippen LogP contribution in [0.25, 0.3) is 6.08 Å². The molecule has 3 rings (SSSR count). The highest BCUT2D eigenvalue weighted by atomic mass is 16.6. The summed E-state index contributed by atoms with van der Waals surface area (Å²) in [4.78, 5) is 49.3. The topological polar surface area (TPSA) is 128 Å². The van der Waals surface area contributed by atoms with Gasteiger partial charge in [-0.3, -0.25) is 25.0 Å². The average Bonchev–Trinajstić information content (AvgIpc) is 2.71. The summed E-state index contributed by atoms with van der Waals surface area (Å²) in [6.07, 6.45) is 1.05. The number of urea groups is 1. The molecule has 0 spiro atoms. The van der Waals surface area contributed by atoms with Gasteiger partial charge in [0.15, 0.2) is 11.5 Å². The lowest BCUT2D eigenvalue weighted by molar-refractivity contribution is -0.385. The van der Waals surface area contributed by atoms with Crippen LogP contribution in [-0.4, -0.2) is 37.0 Å². The Morgan fingerprint density at radius 3 is 2.30 bits per heavy atom. The number of methoxy groups -OCH3 is 2. The van der Waals surface area contributed by atoms with E-state index >= 15 is 0 Å². The van der Waals surface area contributed by atoms with E-state index in [0.717, 1.165) is 17.0 Å². The first-order valence-corrected chi connectivity index (χ1v) is 8.66. The maximum Gasteiger partial charge on any atom is 0.335 e. The van der Waals surface area contributed by atoms with Crippen LogP contribution in [0.5, 0.6) is 11.5 Å². The van der Waals surface area contributed by atoms with Crippen LogP contribution in [-0.2, 0) is 9.59 Å². The zero-order chi connectivity index (χ0) is 22.0. The van der Waals surface area contributed by atoms with Gasteiger partial charge in [0, 0.05) is 0 Å². The van der Waals surface area contributed by atoms with E-state index in [0.29, 0.717) is 11.3 Å². The van der Waals surface area contributed by atoms with Gasteiger partial charge in [-0.25, -0.2) is 9.69 Å². The highest BCUT2D eigenvalue weighted by molar-refractivity contribution is 6.39. The standard InChI is InChI=1S/C20H17N3O7/c1-11-6-4-5-7-14(11)22-19(25)13(18(24)21-20(22)26)8-12-9-16(29-2)17(30-3)10-15(12)23(27)28/h4-10H,1-3H3,(H,21,24,26)/b13-8+. The number of carbonyl (C=O) groups is 3. The minimum atomic E-state index is -0.959. The molecule has 0 aromatic heterocycles. The number of benzene rings is 2. The number of imide groups is 2. The number of hydrogen-bond donors (Lipinski definition) is 1. The van der Waals surface area contributed by atoms with E-state index in [1.807, 2.05) is 0 Å². The summed E-state index contributed by atoms with van der Waals surface area (Å²) >= 11 is 0. The van der Waals surface area contributed by atoms with Crippen molar-refractivity contribution in [3.8, 4) is 11.5 Å². The summed E-state index contributed by atoms with van der Waals surface area (Å²) in [5.74, 6) is -1.58. The molecule has 2 aromatic rings. The van der Waals surface area contributed by atoms with E-state index in [4.69, 9.17) is 9.47 Å². The molecule has 0 bridgehead atoms. The van der Waals surface area contributed by atoms with Gasteiger partial charge in [-0.05, 0) is 30.7 Å². The Bertz CT molecular complexity index is 1110. The van der Waals surface area contributed by atoms with Crippen LogP contribution >= 0.6 is 0 Å². The number of para-hydroxylation sites is 1. The molecule has 154 valence electrons. The summed E-state index contributed by atoms with van der Waals surface area (Å²) in [6.45, 7) is 1.70. The molecule has 0 unspecified atom stereocenters. The van der Waals surface area contributed by atoms with Gasteiger partial charge in [-0.1, -0.05) is 18.2 Å². The molecule has 1 N–H and O–H groups in total. The first-order valence-electron chi connectivity index (χ1n) is 8.66. The van der Waals surface area contributed by atoms with Crippen molar-refractivity contribution in [3.05, 3.63) is 63.2 Å². The molecular weight excluding hydrogens is 394 g/mol. The van der Waals surface area contributed by atoms with Gasteiger partial charge in [0.1, 0.15) is 5.57 Å². The van der Waals surface area contributed by atoms with Gasteiger partial charge in [-0.15, -0.1) is 0 Å². The lowest BCUT2D eigenvalue weighted by Gasteiger charge is -2.27. The van der Waals surface area contributed by atoms with Crippen molar-refractivity contribution < 1.29 is 28.8 Å². The van der Waals surface area contributed by atoms with Gasteiger partial charge in [0.2, 0.25) is 0 Å².